The molecule has 150 valence electrons. The van der Waals surface area contributed by atoms with E-state index in [1.807, 2.05) is 17.0 Å². The van der Waals surface area contributed by atoms with E-state index in [2.05, 4.69) is 17.0 Å². The third-order valence-electron chi connectivity index (χ3n) is 5.53. The summed E-state index contributed by atoms with van der Waals surface area (Å²) in [5, 5.41) is 8.80. The highest BCUT2D eigenvalue weighted by molar-refractivity contribution is 5.76. The summed E-state index contributed by atoms with van der Waals surface area (Å²) in [7, 11) is 0. The molecule has 1 amide bonds. The van der Waals surface area contributed by atoms with Crippen LogP contribution in [0, 0.1) is 5.92 Å². The minimum absolute atomic E-state index is 0.0364. The number of carbonyl (C=O) groups excluding carboxylic acids is 1. The van der Waals surface area contributed by atoms with E-state index in [1.54, 1.807) is 0 Å². The number of hydrogen-bond donors (Lipinski definition) is 1. The first kappa shape index (κ1) is 20.1. The number of morpholine rings is 1. The average Bonchev–Trinajstić information content (AvgIpc) is 2.73. The Hall–Kier alpha value is -1.63. The van der Waals surface area contributed by atoms with Crippen LogP contribution in [0.25, 0.3) is 0 Å². The Kier molecular flexibility index (Phi) is 7.93. The molecule has 0 aliphatic carbocycles. The zero-order valence-electron chi connectivity index (χ0n) is 16.1. The fourth-order valence-electron chi connectivity index (χ4n) is 3.84. The van der Waals surface area contributed by atoms with Crippen LogP contribution in [0.4, 0.5) is 0 Å². The number of aliphatic hydroxyl groups excluding tert-OH is 1. The van der Waals surface area contributed by atoms with Gasteiger partial charge in [-0.2, -0.15) is 0 Å². The third kappa shape index (κ3) is 6.48. The lowest BCUT2D eigenvalue weighted by Gasteiger charge is -2.32. The fraction of sp³-hybridized carbons (Fsp3) is 0.667. The molecule has 0 radical (unpaired) electrons. The molecule has 2 aliphatic rings. The van der Waals surface area contributed by atoms with Crippen LogP contribution in [0.3, 0.4) is 0 Å². The zero-order valence-corrected chi connectivity index (χ0v) is 16.1. The van der Waals surface area contributed by atoms with Gasteiger partial charge in [0.2, 0.25) is 5.91 Å². The molecule has 0 saturated carbocycles. The van der Waals surface area contributed by atoms with E-state index < -0.39 is 0 Å². The lowest BCUT2D eigenvalue weighted by molar-refractivity contribution is -0.135. The number of carbonyl (C=O) groups is 1. The largest absolute Gasteiger partial charge is 0.491 e. The van der Waals surface area contributed by atoms with E-state index in [0.717, 1.165) is 44.9 Å². The zero-order chi connectivity index (χ0) is 18.9. The molecule has 3 rings (SSSR count). The number of likely N-dealkylation sites (tertiary alicyclic amines) is 1. The second-order valence-electron chi connectivity index (χ2n) is 7.47. The van der Waals surface area contributed by atoms with Crippen LogP contribution in [0.15, 0.2) is 24.3 Å². The van der Waals surface area contributed by atoms with Gasteiger partial charge in [0, 0.05) is 26.1 Å². The first-order chi connectivity index (χ1) is 13.2. The molecule has 1 N–H and O–H groups in total. The maximum Gasteiger partial charge on any atom is 0.222 e. The molecule has 2 saturated heterocycles. The van der Waals surface area contributed by atoms with Crippen molar-refractivity contribution in [3.05, 3.63) is 29.8 Å². The Bertz CT molecular complexity index is 564. The molecule has 0 bridgehead atoms. The molecule has 6 heteroatoms. The Balaban J connectivity index is 1.34. The summed E-state index contributed by atoms with van der Waals surface area (Å²) in [4.78, 5) is 16.7. The maximum atomic E-state index is 12.3. The van der Waals surface area contributed by atoms with E-state index in [0.29, 0.717) is 38.1 Å². The van der Waals surface area contributed by atoms with Crippen molar-refractivity contribution in [1.82, 2.24) is 9.80 Å². The predicted octanol–water partition coefficient (Wildman–Crippen LogP) is 1.91. The summed E-state index contributed by atoms with van der Waals surface area (Å²) in [5.74, 6) is 1.76. The van der Waals surface area contributed by atoms with Gasteiger partial charge in [-0.1, -0.05) is 12.1 Å². The van der Waals surface area contributed by atoms with E-state index in [-0.39, 0.29) is 6.61 Å². The van der Waals surface area contributed by atoms with Crippen molar-refractivity contribution in [3.8, 4) is 5.75 Å². The molecule has 0 spiro atoms. The summed E-state index contributed by atoms with van der Waals surface area (Å²) >= 11 is 0. The molecule has 2 heterocycles. The minimum Gasteiger partial charge on any atom is -0.491 e. The second-order valence-corrected chi connectivity index (χ2v) is 7.47. The highest BCUT2D eigenvalue weighted by Gasteiger charge is 2.22. The van der Waals surface area contributed by atoms with Crippen molar-refractivity contribution in [2.75, 3.05) is 52.6 Å². The van der Waals surface area contributed by atoms with E-state index in [1.165, 1.54) is 18.4 Å². The molecule has 27 heavy (non-hydrogen) atoms. The molecular weight excluding hydrogens is 344 g/mol. The van der Waals surface area contributed by atoms with Crippen LogP contribution >= 0.6 is 0 Å². The third-order valence-corrected chi connectivity index (χ3v) is 5.53. The summed E-state index contributed by atoms with van der Waals surface area (Å²) in [6, 6.07) is 8.13. The normalized spacial score (nSPS) is 19.2. The number of hydrogen-bond acceptors (Lipinski definition) is 5. The van der Waals surface area contributed by atoms with Gasteiger partial charge in [-0.25, -0.2) is 0 Å². The van der Waals surface area contributed by atoms with Crippen molar-refractivity contribution < 1.29 is 19.4 Å². The summed E-state index contributed by atoms with van der Waals surface area (Å²) in [6.07, 6.45) is 4.04. The Morgan fingerprint density at radius 1 is 1.11 bits per heavy atom. The van der Waals surface area contributed by atoms with Gasteiger partial charge >= 0.3 is 0 Å². The summed E-state index contributed by atoms with van der Waals surface area (Å²) in [5.41, 5.74) is 1.28. The lowest BCUT2D eigenvalue weighted by atomic mass is 9.91. The Labute approximate surface area is 162 Å². The van der Waals surface area contributed by atoms with Crippen molar-refractivity contribution >= 4 is 5.91 Å². The van der Waals surface area contributed by atoms with Gasteiger partial charge in [0.25, 0.3) is 0 Å². The highest BCUT2D eigenvalue weighted by atomic mass is 16.5. The number of aliphatic hydroxyl groups is 1. The Morgan fingerprint density at radius 3 is 2.48 bits per heavy atom. The van der Waals surface area contributed by atoms with Gasteiger partial charge in [0.15, 0.2) is 0 Å². The SMILES string of the molecule is O=C(CCC1CCN(Cc2ccc(OCCO)cc2)CC1)N1CCOCC1. The van der Waals surface area contributed by atoms with Crippen molar-refractivity contribution in [1.29, 1.82) is 0 Å². The monoisotopic (exact) mass is 376 g/mol. The molecule has 2 aliphatic heterocycles. The molecule has 0 aromatic heterocycles. The maximum absolute atomic E-state index is 12.3. The number of rotatable bonds is 8. The van der Waals surface area contributed by atoms with Crippen LogP contribution in [-0.2, 0) is 16.1 Å². The van der Waals surface area contributed by atoms with Gasteiger partial charge in [-0.05, 0) is 56.0 Å². The van der Waals surface area contributed by atoms with Crippen molar-refractivity contribution in [2.45, 2.75) is 32.2 Å². The first-order valence-electron chi connectivity index (χ1n) is 10.1. The average molecular weight is 376 g/mol. The van der Waals surface area contributed by atoms with Gasteiger partial charge in [-0.3, -0.25) is 9.69 Å². The number of amides is 1. The van der Waals surface area contributed by atoms with Crippen LogP contribution in [-0.4, -0.2) is 73.4 Å². The van der Waals surface area contributed by atoms with Crippen LogP contribution in [0.1, 0.15) is 31.2 Å². The fourth-order valence-corrected chi connectivity index (χ4v) is 3.84. The lowest BCUT2D eigenvalue weighted by Crippen LogP contribution is -2.41. The van der Waals surface area contributed by atoms with Crippen molar-refractivity contribution in [3.63, 3.8) is 0 Å². The number of nitrogens with zero attached hydrogens (tertiary/aromatic N) is 2. The topological polar surface area (TPSA) is 62.2 Å². The standard InChI is InChI=1S/C21H32N2O4/c24-13-16-27-20-4-1-19(2-5-20)17-22-9-7-18(8-10-22)3-6-21(25)23-11-14-26-15-12-23/h1-2,4-5,18,24H,3,6-17H2. The van der Waals surface area contributed by atoms with Crippen LogP contribution in [0.2, 0.25) is 0 Å². The Morgan fingerprint density at radius 2 is 1.81 bits per heavy atom. The second kappa shape index (κ2) is 10.6. The van der Waals surface area contributed by atoms with E-state index >= 15 is 0 Å². The molecule has 1 aromatic rings. The number of benzene rings is 1. The minimum atomic E-state index is 0.0364. The molecule has 0 unspecified atom stereocenters. The molecular formula is C21H32N2O4. The van der Waals surface area contributed by atoms with Crippen LogP contribution < -0.4 is 4.74 Å². The van der Waals surface area contributed by atoms with Gasteiger partial charge in [0.1, 0.15) is 12.4 Å². The smallest absolute Gasteiger partial charge is 0.222 e. The first-order valence-corrected chi connectivity index (χ1v) is 10.1. The predicted molar refractivity (Wildman–Crippen MR) is 104 cm³/mol. The van der Waals surface area contributed by atoms with E-state index in [4.69, 9.17) is 14.6 Å². The molecule has 0 atom stereocenters. The molecule has 6 nitrogen and oxygen atoms in total. The van der Waals surface area contributed by atoms with E-state index in [9.17, 15) is 4.79 Å². The number of piperidine rings is 1. The summed E-state index contributed by atoms with van der Waals surface area (Å²) < 4.78 is 10.7. The summed E-state index contributed by atoms with van der Waals surface area (Å²) in [6.45, 7) is 6.38. The van der Waals surface area contributed by atoms with Crippen LogP contribution in [0.5, 0.6) is 5.75 Å². The number of ether oxygens (including phenoxy) is 2. The quantitative estimate of drug-likeness (QED) is 0.751. The van der Waals surface area contributed by atoms with Gasteiger partial charge < -0.3 is 19.5 Å². The molecule has 1 aromatic carbocycles. The van der Waals surface area contributed by atoms with Gasteiger partial charge in [-0.15, -0.1) is 0 Å². The highest BCUT2D eigenvalue weighted by Crippen LogP contribution is 2.24. The van der Waals surface area contributed by atoms with Crippen molar-refractivity contribution in [2.24, 2.45) is 5.92 Å². The van der Waals surface area contributed by atoms with Gasteiger partial charge in [0.05, 0.1) is 19.8 Å². The molecule has 2 fully saturated rings.